The van der Waals surface area contributed by atoms with Crippen molar-refractivity contribution in [3.63, 3.8) is 0 Å². The van der Waals surface area contributed by atoms with E-state index in [1.807, 2.05) is 14.0 Å². The van der Waals surface area contributed by atoms with Crippen LogP contribution in [0.15, 0.2) is 18.2 Å². The molecule has 27 heavy (non-hydrogen) atoms. The van der Waals surface area contributed by atoms with Crippen LogP contribution in [0.2, 0.25) is 5.15 Å². The molecular formula is C19H20Cl2N4O2. The number of halogens is 2. The van der Waals surface area contributed by atoms with E-state index in [4.69, 9.17) is 32.9 Å². The summed E-state index contributed by atoms with van der Waals surface area (Å²) >= 11 is 12.2. The van der Waals surface area contributed by atoms with Gasteiger partial charge in [-0.25, -0.2) is 9.97 Å². The summed E-state index contributed by atoms with van der Waals surface area (Å²) in [4.78, 5) is 21.2. The van der Waals surface area contributed by atoms with Crippen molar-refractivity contribution < 1.29 is 9.53 Å². The maximum absolute atomic E-state index is 12.0. The van der Waals surface area contributed by atoms with Crippen molar-refractivity contribution >= 4 is 40.0 Å². The van der Waals surface area contributed by atoms with Crippen molar-refractivity contribution in [2.24, 2.45) is 7.05 Å². The number of alkyl halides is 1. The van der Waals surface area contributed by atoms with Crippen LogP contribution in [0.5, 0.6) is 5.75 Å². The third-order valence-electron chi connectivity index (χ3n) is 4.16. The Morgan fingerprint density at radius 3 is 2.70 bits per heavy atom. The molecule has 8 heteroatoms. The molecule has 6 nitrogen and oxygen atoms in total. The van der Waals surface area contributed by atoms with E-state index in [1.54, 1.807) is 22.9 Å². The van der Waals surface area contributed by atoms with E-state index in [1.165, 1.54) is 0 Å². The first-order chi connectivity index (χ1) is 13.0. The lowest BCUT2D eigenvalue weighted by molar-refractivity contribution is 0.102. The van der Waals surface area contributed by atoms with E-state index in [9.17, 15) is 4.79 Å². The topological polar surface area (TPSA) is 69.9 Å². The van der Waals surface area contributed by atoms with Crippen molar-refractivity contribution in [1.82, 2.24) is 19.7 Å². The highest BCUT2D eigenvalue weighted by Gasteiger charge is 2.19. The molecule has 0 N–H and O–H groups in total. The van der Waals surface area contributed by atoms with Crippen LogP contribution in [0.25, 0.3) is 22.4 Å². The fourth-order valence-electron chi connectivity index (χ4n) is 2.96. The largest absolute Gasteiger partial charge is 0.493 e. The number of nitrogens with zero attached hydrogens (tertiary/aromatic N) is 4. The zero-order valence-electron chi connectivity index (χ0n) is 15.4. The number of aryl methyl sites for hydroxylation is 2. The van der Waals surface area contributed by atoms with Crippen LogP contribution in [-0.4, -0.2) is 38.0 Å². The van der Waals surface area contributed by atoms with E-state index in [2.05, 4.69) is 17.0 Å². The summed E-state index contributed by atoms with van der Waals surface area (Å²) in [5.41, 5.74) is 3.35. The van der Waals surface area contributed by atoms with Gasteiger partial charge in [0.15, 0.2) is 16.8 Å². The molecule has 2 heterocycles. The number of hydrogen-bond acceptors (Lipinski definition) is 5. The van der Waals surface area contributed by atoms with Gasteiger partial charge in [0.1, 0.15) is 16.8 Å². The van der Waals surface area contributed by atoms with Crippen LogP contribution in [0.1, 0.15) is 36.3 Å². The zero-order chi connectivity index (χ0) is 19.6. The van der Waals surface area contributed by atoms with Gasteiger partial charge in [-0.05, 0) is 31.5 Å². The molecule has 0 spiro atoms. The van der Waals surface area contributed by atoms with Gasteiger partial charge in [0.25, 0.3) is 0 Å². The highest BCUT2D eigenvalue weighted by Crippen LogP contribution is 2.33. The second-order valence-electron chi connectivity index (χ2n) is 6.06. The van der Waals surface area contributed by atoms with Crippen molar-refractivity contribution in [3.05, 3.63) is 34.6 Å². The van der Waals surface area contributed by atoms with Crippen LogP contribution in [0, 0.1) is 0 Å². The van der Waals surface area contributed by atoms with Crippen LogP contribution >= 0.6 is 23.2 Å². The molecule has 0 bridgehead atoms. The van der Waals surface area contributed by atoms with Gasteiger partial charge < -0.3 is 4.74 Å². The quantitative estimate of drug-likeness (QED) is 0.329. The maximum atomic E-state index is 12.0. The second kappa shape index (κ2) is 8.23. The highest BCUT2D eigenvalue weighted by atomic mass is 35.5. The minimum absolute atomic E-state index is 0.0999. The Bertz CT molecular complexity index is 1000. The fourth-order valence-corrected chi connectivity index (χ4v) is 3.40. The first kappa shape index (κ1) is 19.6. The highest BCUT2D eigenvalue weighted by molar-refractivity contribution is 6.34. The first-order valence-electron chi connectivity index (χ1n) is 8.75. The van der Waals surface area contributed by atoms with Crippen LogP contribution in [0.3, 0.4) is 0 Å². The molecule has 0 unspecified atom stereocenters. The summed E-state index contributed by atoms with van der Waals surface area (Å²) in [5.74, 6) is 0.698. The van der Waals surface area contributed by atoms with E-state index < -0.39 is 0 Å². The maximum Gasteiger partial charge on any atom is 0.177 e. The molecule has 2 aromatic heterocycles. The number of ether oxygens (including phenoxy) is 1. The summed E-state index contributed by atoms with van der Waals surface area (Å²) in [6.45, 7) is 4.44. The number of carbonyl (C=O) groups is 1. The Kier molecular flexibility index (Phi) is 5.97. The monoisotopic (exact) mass is 406 g/mol. The van der Waals surface area contributed by atoms with Gasteiger partial charge in [0, 0.05) is 12.6 Å². The predicted molar refractivity (Wildman–Crippen MR) is 107 cm³/mol. The molecule has 0 aliphatic carbocycles. The van der Waals surface area contributed by atoms with Gasteiger partial charge in [-0.3, -0.25) is 9.48 Å². The molecule has 0 saturated carbocycles. The van der Waals surface area contributed by atoms with Gasteiger partial charge in [-0.2, -0.15) is 5.10 Å². The molecular weight excluding hydrogens is 387 g/mol. The fraction of sp³-hybridized carbons (Fsp3) is 0.368. The molecule has 142 valence electrons. The van der Waals surface area contributed by atoms with E-state index in [0.29, 0.717) is 45.5 Å². The normalized spacial score (nSPS) is 11.1. The Morgan fingerprint density at radius 2 is 2.04 bits per heavy atom. The Balaban J connectivity index is 2.24. The van der Waals surface area contributed by atoms with Crippen LogP contribution in [0.4, 0.5) is 0 Å². The third kappa shape index (κ3) is 3.77. The molecule has 0 amide bonds. The zero-order valence-corrected chi connectivity index (χ0v) is 16.9. The second-order valence-corrected chi connectivity index (χ2v) is 6.68. The number of hydrogen-bond donors (Lipinski definition) is 0. The minimum atomic E-state index is -0.179. The number of ketones is 1. The first-order valence-corrected chi connectivity index (χ1v) is 9.66. The predicted octanol–water partition coefficient (Wildman–Crippen LogP) is 4.46. The number of benzene rings is 1. The van der Waals surface area contributed by atoms with E-state index >= 15 is 0 Å². The number of Topliss-reactive ketones (excluding diaryl/α,β-unsaturated/α-hetero) is 1. The molecule has 3 aromatic rings. The average Bonchev–Trinajstić information content (AvgIpc) is 2.98. The van der Waals surface area contributed by atoms with E-state index in [0.717, 1.165) is 18.5 Å². The van der Waals surface area contributed by atoms with Crippen molar-refractivity contribution in [3.8, 4) is 17.1 Å². The average molecular weight is 407 g/mol. The summed E-state index contributed by atoms with van der Waals surface area (Å²) in [7, 11) is 1.82. The lowest BCUT2D eigenvalue weighted by Crippen LogP contribution is -2.04. The molecule has 0 atom stereocenters. The summed E-state index contributed by atoms with van der Waals surface area (Å²) < 4.78 is 7.40. The Labute approximate surface area is 167 Å². The van der Waals surface area contributed by atoms with Gasteiger partial charge in [0.05, 0.1) is 23.7 Å². The van der Waals surface area contributed by atoms with Crippen LogP contribution < -0.4 is 4.74 Å². The lowest BCUT2D eigenvalue weighted by atomic mass is 10.1. The van der Waals surface area contributed by atoms with Gasteiger partial charge in [0.2, 0.25) is 0 Å². The Hall–Kier alpha value is -2.18. The standard InChI is InChI=1S/C19H20Cl2N4O2/c1-4-6-13-16-17(25(3)24-13)18(21)23-19(22-16)12-9-11(14(26)10-20)7-8-15(12)27-5-2/h7-9H,4-6,10H2,1-3H3. The summed E-state index contributed by atoms with van der Waals surface area (Å²) in [5, 5.41) is 4.83. The molecule has 0 aliphatic rings. The molecule has 3 rings (SSSR count). The van der Waals surface area contributed by atoms with E-state index in [-0.39, 0.29) is 11.7 Å². The number of fused-ring (bicyclic) bond motifs is 1. The van der Waals surface area contributed by atoms with Crippen LogP contribution in [-0.2, 0) is 13.5 Å². The third-order valence-corrected chi connectivity index (χ3v) is 4.67. The number of carbonyl (C=O) groups excluding carboxylic acids is 1. The number of aromatic nitrogens is 4. The van der Waals surface area contributed by atoms with Gasteiger partial charge in [-0.15, -0.1) is 11.6 Å². The smallest absolute Gasteiger partial charge is 0.177 e. The molecule has 0 aliphatic heterocycles. The van der Waals surface area contributed by atoms with Gasteiger partial charge >= 0.3 is 0 Å². The van der Waals surface area contributed by atoms with Crippen molar-refractivity contribution in [2.75, 3.05) is 12.5 Å². The molecule has 0 radical (unpaired) electrons. The van der Waals surface area contributed by atoms with Gasteiger partial charge in [-0.1, -0.05) is 24.9 Å². The van der Waals surface area contributed by atoms with Crippen molar-refractivity contribution in [1.29, 1.82) is 0 Å². The molecule has 1 aromatic carbocycles. The minimum Gasteiger partial charge on any atom is -0.493 e. The SMILES string of the molecule is CCCc1nn(C)c2c(Cl)nc(-c3cc(C(=O)CCl)ccc3OCC)nc12. The molecule has 0 fully saturated rings. The summed E-state index contributed by atoms with van der Waals surface area (Å²) in [6.07, 6.45) is 1.72. The molecule has 0 saturated heterocycles. The number of rotatable bonds is 7. The Morgan fingerprint density at radius 1 is 1.26 bits per heavy atom. The van der Waals surface area contributed by atoms with Crippen molar-refractivity contribution in [2.45, 2.75) is 26.7 Å². The summed E-state index contributed by atoms with van der Waals surface area (Å²) in [6, 6.07) is 5.12. The lowest BCUT2D eigenvalue weighted by Gasteiger charge is -2.11.